The molecule has 2 rings (SSSR count). The zero-order valence-corrected chi connectivity index (χ0v) is 15.8. The number of aliphatic hydroxyl groups is 2. The highest BCUT2D eigenvalue weighted by atomic mass is 16.7. The highest BCUT2D eigenvalue weighted by molar-refractivity contribution is 4.92. The van der Waals surface area contributed by atoms with Crippen molar-refractivity contribution in [3.63, 3.8) is 0 Å². The number of fused-ring (bicyclic) bond motifs is 1. The number of ether oxygens (including phenoxy) is 4. The van der Waals surface area contributed by atoms with Crippen molar-refractivity contribution in [3.05, 3.63) is 0 Å². The Morgan fingerprint density at radius 2 is 1.52 bits per heavy atom. The van der Waals surface area contributed by atoms with E-state index in [0.29, 0.717) is 6.61 Å². The van der Waals surface area contributed by atoms with Crippen molar-refractivity contribution in [1.29, 1.82) is 0 Å². The monoisotopic (exact) mass is 360 g/mol. The van der Waals surface area contributed by atoms with Gasteiger partial charge in [-0.3, -0.25) is 0 Å². The molecule has 0 spiro atoms. The predicted molar refractivity (Wildman–Crippen MR) is 94.1 cm³/mol. The quantitative estimate of drug-likeness (QED) is 0.552. The Labute approximate surface area is 151 Å². The maximum absolute atomic E-state index is 10.2. The molecular weight excluding hydrogens is 324 g/mol. The fourth-order valence-electron chi connectivity index (χ4n) is 3.59. The molecule has 2 aliphatic heterocycles. The van der Waals surface area contributed by atoms with Gasteiger partial charge in [0.25, 0.3) is 0 Å². The summed E-state index contributed by atoms with van der Waals surface area (Å²) in [5.74, 6) is 0. The molecule has 0 saturated carbocycles. The number of hydrogen-bond donors (Lipinski definition) is 2. The summed E-state index contributed by atoms with van der Waals surface area (Å²) in [6.07, 6.45) is 8.08. The fraction of sp³-hybridized carbons (Fsp3) is 1.00. The summed E-state index contributed by atoms with van der Waals surface area (Å²) in [7, 11) is 1.44. The summed E-state index contributed by atoms with van der Waals surface area (Å²) < 4.78 is 22.2. The van der Waals surface area contributed by atoms with E-state index in [0.717, 1.165) is 12.8 Å². The van der Waals surface area contributed by atoms with Gasteiger partial charge in [-0.15, -0.1) is 0 Å². The molecule has 6 nitrogen and oxygen atoms in total. The Kier molecular flexibility index (Phi) is 9.66. The first-order valence-corrected chi connectivity index (χ1v) is 9.98. The number of unbranched alkanes of at least 4 members (excludes halogenated alkanes) is 8. The minimum absolute atomic E-state index is 0.324. The molecule has 0 aliphatic carbocycles. The van der Waals surface area contributed by atoms with E-state index in [4.69, 9.17) is 18.9 Å². The van der Waals surface area contributed by atoms with Crippen LogP contribution in [0.5, 0.6) is 0 Å². The minimum Gasteiger partial charge on any atom is -0.387 e. The van der Waals surface area contributed by atoms with Crippen LogP contribution in [0.3, 0.4) is 0 Å². The van der Waals surface area contributed by atoms with Crippen LogP contribution in [0, 0.1) is 0 Å². The second kappa shape index (κ2) is 11.5. The lowest BCUT2D eigenvalue weighted by atomic mass is 9.98. The highest BCUT2D eigenvalue weighted by Gasteiger charge is 2.48. The van der Waals surface area contributed by atoms with Gasteiger partial charge in [-0.25, -0.2) is 0 Å². The lowest BCUT2D eigenvalue weighted by Crippen LogP contribution is -2.63. The third kappa shape index (κ3) is 6.45. The summed E-state index contributed by atoms with van der Waals surface area (Å²) in [5, 5.41) is 20.2. The first kappa shape index (κ1) is 21.1. The largest absolute Gasteiger partial charge is 0.387 e. The van der Waals surface area contributed by atoms with Crippen molar-refractivity contribution >= 4 is 0 Å². The maximum atomic E-state index is 10.2. The Morgan fingerprint density at radius 3 is 2.16 bits per heavy atom. The van der Waals surface area contributed by atoms with Crippen LogP contribution in [0.1, 0.15) is 71.1 Å². The molecule has 6 atom stereocenters. The normalized spacial score (nSPS) is 35.5. The zero-order chi connectivity index (χ0) is 18.1. The van der Waals surface area contributed by atoms with Crippen LogP contribution in [-0.4, -0.2) is 60.9 Å². The molecule has 0 radical (unpaired) electrons. The average Bonchev–Trinajstić information content (AvgIpc) is 2.63. The highest BCUT2D eigenvalue weighted by Crippen LogP contribution is 2.30. The molecule has 1 unspecified atom stereocenters. The molecule has 148 valence electrons. The molecule has 6 heteroatoms. The van der Waals surface area contributed by atoms with Gasteiger partial charge in [0.2, 0.25) is 0 Å². The van der Waals surface area contributed by atoms with Gasteiger partial charge in [-0.05, 0) is 12.8 Å². The van der Waals surface area contributed by atoms with E-state index in [1.54, 1.807) is 0 Å². The van der Waals surface area contributed by atoms with E-state index in [1.165, 1.54) is 58.5 Å². The molecule has 0 bridgehead atoms. The van der Waals surface area contributed by atoms with Gasteiger partial charge in [0, 0.05) is 7.11 Å². The Balaban J connectivity index is 1.58. The van der Waals surface area contributed by atoms with E-state index in [9.17, 15) is 10.2 Å². The minimum atomic E-state index is -1.10. The van der Waals surface area contributed by atoms with E-state index < -0.39 is 30.7 Å². The van der Waals surface area contributed by atoms with Crippen LogP contribution in [0.15, 0.2) is 0 Å². The third-order valence-electron chi connectivity index (χ3n) is 5.17. The Bertz CT molecular complexity index is 351. The number of rotatable bonds is 11. The standard InChI is InChI=1S/C19H36O6/c1-3-4-5-6-7-8-9-10-11-12-15-23-13-14-18(25-15)16(20)17(21)19(22-2)24-14/h14-21H,3-13H2,1-2H3/t14-,15?,16-,17-,18-,19-/m1/s1. The maximum Gasteiger partial charge on any atom is 0.186 e. The average molecular weight is 360 g/mol. The molecule has 0 aromatic heterocycles. The van der Waals surface area contributed by atoms with Gasteiger partial charge in [-0.2, -0.15) is 0 Å². The van der Waals surface area contributed by atoms with Gasteiger partial charge >= 0.3 is 0 Å². The SMILES string of the molecule is CCCCCCCCCCCC1OC[C@H]2O[C@@H](OC)[C@H](O)[C@@H](O)[C@@H]2O1. The van der Waals surface area contributed by atoms with E-state index in [1.807, 2.05) is 0 Å². The van der Waals surface area contributed by atoms with Gasteiger partial charge in [0.05, 0.1) is 6.61 Å². The lowest BCUT2D eigenvalue weighted by molar-refractivity contribution is -0.356. The van der Waals surface area contributed by atoms with Crippen molar-refractivity contribution in [2.24, 2.45) is 0 Å². The van der Waals surface area contributed by atoms with E-state index in [-0.39, 0.29) is 6.29 Å². The molecule has 25 heavy (non-hydrogen) atoms. The Morgan fingerprint density at radius 1 is 0.880 bits per heavy atom. The summed E-state index contributed by atoms with van der Waals surface area (Å²) in [6.45, 7) is 2.60. The molecule has 0 aromatic rings. The van der Waals surface area contributed by atoms with Crippen molar-refractivity contribution in [3.8, 4) is 0 Å². The summed E-state index contributed by atoms with van der Waals surface area (Å²) in [6, 6.07) is 0. The van der Waals surface area contributed by atoms with Crippen molar-refractivity contribution < 1.29 is 29.2 Å². The molecular formula is C19H36O6. The summed E-state index contributed by atoms with van der Waals surface area (Å²) in [4.78, 5) is 0. The lowest BCUT2D eigenvalue weighted by Gasteiger charge is -2.45. The molecule has 2 saturated heterocycles. The van der Waals surface area contributed by atoms with Crippen molar-refractivity contribution in [1.82, 2.24) is 0 Å². The van der Waals surface area contributed by atoms with Crippen LogP contribution in [0.25, 0.3) is 0 Å². The first-order chi connectivity index (χ1) is 12.2. The van der Waals surface area contributed by atoms with E-state index in [2.05, 4.69) is 6.92 Å². The van der Waals surface area contributed by atoms with Gasteiger partial charge in [0.1, 0.15) is 24.4 Å². The van der Waals surface area contributed by atoms with Crippen molar-refractivity contribution in [2.75, 3.05) is 13.7 Å². The van der Waals surface area contributed by atoms with Crippen molar-refractivity contribution in [2.45, 2.75) is 108 Å². The van der Waals surface area contributed by atoms with E-state index >= 15 is 0 Å². The molecule has 2 heterocycles. The van der Waals surface area contributed by atoms with Gasteiger partial charge in [-0.1, -0.05) is 58.3 Å². The summed E-state index contributed by atoms with van der Waals surface area (Å²) >= 11 is 0. The molecule has 0 aromatic carbocycles. The molecule has 0 amide bonds. The second-order valence-electron chi connectivity index (χ2n) is 7.24. The Hall–Kier alpha value is -0.240. The van der Waals surface area contributed by atoms with Gasteiger partial charge < -0.3 is 29.2 Å². The molecule has 2 aliphatic rings. The van der Waals surface area contributed by atoms with Crippen LogP contribution >= 0.6 is 0 Å². The molecule has 2 N–H and O–H groups in total. The smallest absolute Gasteiger partial charge is 0.186 e. The van der Waals surface area contributed by atoms with Gasteiger partial charge in [0.15, 0.2) is 12.6 Å². The van der Waals surface area contributed by atoms with Crippen LogP contribution < -0.4 is 0 Å². The zero-order valence-electron chi connectivity index (χ0n) is 15.8. The predicted octanol–water partition coefficient (Wildman–Crippen LogP) is 2.74. The number of hydrogen-bond acceptors (Lipinski definition) is 6. The van der Waals surface area contributed by atoms with Crippen LogP contribution in [0.4, 0.5) is 0 Å². The number of aliphatic hydroxyl groups excluding tert-OH is 2. The second-order valence-corrected chi connectivity index (χ2v) is 7.24. The van der Waals surface area contributed by atoms with Crippen LogP contribution in [0.2, 0.25) is 0 Å². The van der Waals surface area contributed by atoms with Crippen LogP contribution in [-0.2, 0) is 18.9 Å². The fourth-order valence-corrected chi connectivity index (χ4v) is 3.59. The molecule has 2 fully saturated rings. The summed E-state index contributed by atoms with van der Waals surface area (Å²) in [5.41, 5.74) is 0. The topological polar surface area (TPSA) is 77.4 Å². The third-order valence-corrected chi connectivity index (χ3v) is 5.17. The number of methoxy groups -OCH3 is 1. The first-order valence-electron chi connectivity index (χ1n) is 9.98.